The van der Waals surface area contributed by atoms with Crippen LogP contribution in [0.25, 0.3) is 10.9 Å². The van der Waals surface area contributed by atoms with E-state index in [2.05, 4.69) is 24.0 Å². The average Bonchev–Trinajstić information content (AvgIpc) is 2.79. The Hall–Kier alpha value is -1.42. The molecule has 0 saturated heterocycles. The summed E-state index contributed by atoms with van der Waals surface area (Å²) in [5.41, 5.74) is 2.36. The second-order valence-electron chi connectivity index (χ2n) is 4.50. The van der Waals surface area contributed by atoms with Gasteiger partial charge in [0.1, 0.15) is 5.25 Å². The molecule has 1 aliphatic heterocycles. The number of hydrogen-bond acceptors (Lipinski definition) is 3. The molecule has 1 aliphatic rings. The molecule has 1 aromatic heterocycles. The van der Waals surface area contributed by atoms with Gasteiger partial charge in [0.05, 0.1) is 6.61 Å². The lowest BCUT2D eigenvalue weighted by Crippen LogP contribution is -2.27. The fourth-order valence-corrected chi connectivity index (χ4v) is 3.80. The summed E-state index contributed by atoms with van der Waals surface area (Å²) in [5, 5.41) is 1.12. The summed E-state index contributed by atoms with van der Waals surface area (Å²) in [6.45, 7) is 4.37. The highest BCUT2D eigenvalue weighted by Gasteiger charge is 2.34. The molecule has 4 heteroatoms. The minimum Gasteiger partial charge on any atom is -0.465 e. The van der Waals surface area contributed by atoms with Crippen LogP contribution < -0.4 is 0 Å². The minimum absolute atomic E-state index is 0.112. The second kappa shape index (κ2) is 4.35. The molecule has 0 spiro atoms. The van der Waals surface area contributed by atoms with Crippen molar-refractivity contribution in [2.75, 3.05) is 6.61 Å². The van der Waals surface area contributed by atoms with E-state index in [0.717, 1.165) is 5.52 Å². The molecule has 2 aromatic rings. The van der Waals surface area contributed by atoms with Crippen LogP contribution in [0.5, 0.6) is 0 Å². The van der Waals surface area contributed by atoms with Crippen LogP contribution in [0, 0.1) is 0 Å². The SMILES string of the molecule is CCOC(=O)C1Sc2cccc3[nH]cc(c23)C1C. The number of carbonyl (C=O) groups is 1. The van der Waals surface area contributed by atoms with Gasteiger partial charge in [-0.3, -0.25) is 4.79 Å². The Balaban J connectivity index is 2.06. The van der Waals surface area contributed by atoms with Crippen molar-refractivity contribution in [2.45, 2.75) is 29.9 Å². The summed E-state index contributed by atoms with van der Waals surface area (Å²) in [5.74, 6) is 0.0663. The maximum Gasteiger partial charge on any atom is 0.320 e. The molecule has 0 fully saturated rings. The van der Waals surface area contributed by atoms with Crippen molar-refractivity contribution in [1.82, 2.24) is 4.98 Å². The molecule has 1 N–H and O–H groups in total. The van der Waals surface area contributed by atoms with Gasteiger partial charge >= 0.3 is 5.97 Å². The molecule has 0 bridgehead atoms. The number of thioether (sulfide) groups is 1. The van der Waals surface area contributed by atoms with Crippen LogP contribution in [0.1, 0.15) is 25.3 Å². The van der Waals surface area contributed by atoms with E-state index >= 15 is 0 Å². The van der Waals surface area contributed by atoms with Crippen molar-refractivity contribution in [3.8, 4) is 0 Å². The number of carbonyl (C=O) groups excluding carboxylic acids is 1. The number of nitrogens with one attached hydrogen (secondary N) is 1. The molecule has 0 radical (unpaired) electrons. The van der Waals surface area contributed by atoms with Crippen LogP contribution in [-0.2, 0) is 9.53 Å². The van der Waals surface area contributed by atoms with Gasteiger partial charge in [-0.05, 0) is 24.6 Å². The van der Waals surface area contributed by atoms with Gasteiger partial charge in [0.25, 0.3) is 0 Å². The predicted molar refractivity (Wildman–Crippen MR) is 73.0 cm³/mol. The third-order valence-electron chi connectivity index (χ3n) is 3.42. The van der Waals surface area contributed by atoms with Crippen molar-refractivity contribution in [2.24, 2.45) is 0 Å². The number of aromatic amines is 1. The maximum atomic E-state index is 12.0. The van der Waals surface area contributed by atoms with Crippen LogP contribution in [0.15, 0.2) is 29.3 Å². The van der Waals surface area contributed by atoms with E-state index in [9.17, 15) is 4.79 Å². The molecule has 2 atom stereocenters. The molecule has 18 heavy (non-hydrogen) atoms. The maximum absolute atomic E-state index is 12.0. The van der Waals surface area contributed by atoms with Gasteiger partial charge in [0.2, 0.25) is 0 Å². The molecule has 3 nitrogen and oxygen atoms in total. The van der Waals surface area contributed by atoms with Crippen molar-refractivity contribution in [3.05, 3.63) is 30.0 Å². The molecule has 1 aromatic carbocycles. The Bertz CT molecular complexity index is 605. The quantitative estimate of drug-likeness (QED) is 0.843. The highest BCUT2D eigenvalue weighted by atomic mass is 32.2. The van der Waals surface area contributed by atoms with Crippen LogP contribution in [0.4, 0.5) is 0 Å². The lowest BCUT2D eigenvalue weighted by molar-refractivity contribution is -0.142. The number of rotatable bonds is 2. The first-order chi connectivity index (χ1) is 8.72. The van der Waals surface area contributed by atoms with Gasteiger partial charge in [0, 0.05) is 27.9 Å². The molecule has 0 aliphatic carbocycles. The Morgan fingerprint density at radius 2 is 2.33 bits per heavy atom. The summed E-state index contributed by atoms with van der Waals surface area (Å²) in [6, 6.07) is 6.16. The lowest BCUT2D eigenvalue weighted by atomic mass is 9.96. The second-order valence-corrected chi connectivity index (χ2v) is 5.69. The smallest absolute Gasteiger partial charge is 0.320 e. The number of benzene rings is 1. The van der Waals surface area contributed by atoms with Crippen LogP contribution >= 0.6 is 11.8 Å². The molecule has 2 heterocycles. The van der Waals surface area contributed by atoms with Gasteiger partial charge < -0.3 is 9.72 Å². The first kappa shape index (κ1) is 11.7. The summed E-state index contributed by atoms with van der Waals surface area (Å²) < 4.78 is 5.17. The number of H-pyrrole nitrogens is 1. The highest BCUT2D eigenvalue weighted by Crippen LogP contribution is 2.45. The molecule has 0 saturated carbocycles. The Labute approximate surface area is 110 Å². The van der Waals surface area contributed by atoms with E-state index in [0.29, 0.717) is 6.61 Å². The normalized spacial score (nSPS) is 22.1. The molecular formula is C14H15NO2S. The number of ether oxygens (including phenoxy) is 1. The monoisotopic (exact) mass is 261 g/mol. The standard InChI is InChI=1S/C14H15NO2S/c1-3-17-14(16)13-8(2)9-7-15-10-5-4-6-11(18-13)12(9)10/h4-8,13,15H,3H2,1-2H3. The van der Waals surface area contributed by atoms with E-state index in [1.165, 1.54) is 15.8 Å². The van der Waals surface area contributed by atoms with Gasteiger partial charge in [-0.25, -0.2) is 0 Å². The van der Waals surface area contributed by atoms with E-state index in [4.69, 9.17) is 4.74 Å². The first-order valence-corrected chi connectivity index (χ1v) is 7.03. The minimum atomic E-state index is -0.140. The number of esters is 1. The van der Waals surface area contributed by atoms with E-state index in [-0.39, 0.29) is 17.1 Å². The highest BCUT2D eigenvalue weighted by molar-refractivity contribution is 8.01. The van der Waals surface area contributed by atoms with Crippen LogP contribution in [0.2, 0.25) is 0 Å². The fraction of sp³-hybridized carbons (Fsp3) is 0.357. The predicted octanol–water partition coefficient (Wildman–Crippen LogP) is 3.31. The summed E-state index contributed by atoms with van der Waals surface area (Å²) in [6.07, 6.45) is 2.02. The summed E-state index contributed by atoms with van der Waals surface area (Å²) >= 11 is 1.62. The summed E-state index contributed by atoms with van der Waals surface area (Å²) in [4.78, 5) is 16.4. The summed E-state index contributed by atoms with van der Waals surface area (Å²) in [7, 11) is 0. The van der Waals surface area contributed by atoms with E-state index in [1.807, 2.05) is 19.2 Å². The third-order valence-corrected chi connectivity index (χ3v) is 4.86. The largest absolute Gasteiger partial charge is 0.465 e. The number of hydrogen-bond donors (Lipinski definition) is 1. The lowest BCUT2D eigenvalue weighted by Gasteiger charge is -2.26. The van der Waals surface area contributed by atoms with Crippen molar-refractivity contribution < 1.29 is 9.53 Å². The average molecular weight is 261 g/mol. The first-order valence-electron chi connectivity index (χ1n) is 6.15. The topological polar surface area (TPSA) is 42.1 Å². The van der Waals surface area contributed by atoms with E-state index in [1.54, 1.807) is 11.8 Å². The van der Waals surface area contributed by atoms with Crippen molar-refractivity contribution in [1.29, 1.82) is 0 Å². The van der Waals surface area contributed by atoms with Gasteiger partial charge in [0.15, 0.2) is 0 Å². The molecular weight excluding hydrogens is 246 g/mol. The molecule has 2 unspecified atom stereocenters. The van der Waals surface area contributed by atoms with Crippen LogP contribution in [-0.4, -0.2) is 22.8 Å². The Morgan fingerprint density at radius 3 is 3.11 bits per heavy atom. The van der Waals surface area contributed by atoms with Gasteiger partial charge in [-0.1, -0.05) is 13.0 Å². The van der Waals surface area contributed by atoms with Gasteiger partial charge in [-0.15, -0.1) is 11.8 Å². The van der Waals surface area contributed by atoms with Crippen molar-refractivity contribution >= 4 is 28.6 Å². The zero-order valence-electron chi connectivity index (χ0n) is 10.4. The Morgan fingerprint density at radius 1 is 1.50 bits per heavy atom. The molecule has 3 rings (SSSR count). The molecule has 0 amide bonds. The van der Waals surface area contributed by atoms with Crippen LogP contribution in [0.3, 0.4) is 0 Å². The Kier molecular flexibility index (Phi) is 2.82. The third kappa shape index (κ3) is 1.63. The van der Waals surface area contributed by atoms with Gasteiger partial charge in [-0.2, -0.15) is 0 Å². The van der Waals surface area contributed by atoms with Crippen molar-refractivity contribution in [3.63, 3.8) is 0 Å². The molecule has 94 valence electrons. The number of aromatic nitrogens is 1. The zero-order valence-corrected chi connectivity index (χ0v) is 11.2. The zero-order chi connectivity index (χ0) is 12.7. The van der Waals surface area contributed by atoms with E-state index < -0.39 is 0 Å². The fourth-order valence-electron chi connectivity index (χ4n) is 2.51.